The Bertz CT molecular complexity index is 609. The minimum Gasteiger partial charge on any atom is -0.487 e. The summed E-state index contributed by atoms with van der Waals surface area (Å²) in [5, 5.41) is 9.71. The molecule has 0 heterocycles. The van der Waals surface area contributed by atoms with Crippen LogP contribution in [-0.2, 0) is 17.8 Å². The zero-order valence-corrected chi connectivity index (χ0v) is 12.0. The number of hydrogen-bond donors (Lipinski definition) is 1. The molecule has 0 aliphatic heterocycles. The minimum absolute atomic E-state index is 0.0180. The van der Waals surface area contributed by atoms with E-state index in [9.17, 15) is 4.79 Å². The Morgan fingerprint density at radius 1 is 1.05 bits per heavy atom. The van der Waals surface area contributed by atoms with Crippen LogP contribution in [0.1, 0.15) is 11.1 Å². The first-order chi connectivity index (χ1) is 9.54. The molecular formula is C15H12Cl2O3. The van der Waals surface area contributed by atoms with E-state index in [1.54, 1.807) is 30.3 Å². The summed E-state index contributed by atoms with van der Waals surface area (Å²) in [5.41, 5.74) is 1.69. The van der Waals surface area contributed by atoms with Crippen LogP contribution < -0.4 is 4.74 Å². The summed E-state index contributed by atoms with van der Waals surface area (Å²) >= 11 is 11.8. The monoisotopic (exact) mass is 310 g/mol. The van der Waals surface area contributed by atoms with Gasteiger partial charge in [0.25, 0.3) is 0 Å². The number of carboxylic acids is 1. The van der Waals surface area contributed by atoms with Gasteiger partial charge < -0.3 is 9.84 Å². The number of hydrogen-bond acceptors (Lipinski definition) is 2. The highest BCUT2D eigenvalue weighted by Gasteiger charge is 2.04. The van der Waals surface area contributed by atoms with Crippen molar-refractivity contribution in [2.45, 2.75) is 13.0 Å². The van der Waals surface area contributed by atoms with Crippen LogP contribution >= 0.6 is 23.2 Å². The van der Waals surface area contributed by atoms with Crippen LogP contribution in [0, 0.1) is 0 Å². The van der Waals surface area contributed by atoms with Crippen LogP contribution in [0.15, 0.2) is 42.5 Å². The van der Waals surface area contributed by atoms with E-state index in [-0.39, 0.29) is 6.42 Å². The van der Waals surface area contributed by atoms with Gasteiger partial charge in [-0.3, -0.25) is 4.79 Å². The number of rotatable bonds is 5. The molecule has 0 saturated heterocycles. The molecule has 5 heteroatoms. The first kappa shape index (κ1) is 14.7. The molecule has 2 aromatic carbocycles. The molecule has 0 aliphatic rings. The van der Waals surface area contributed by atoms with Crippen LogP contribution in [0.5, 0.6) is 5.75 Å². The molecule has 0 fully saturated rings. The number of halogens is 2. The van der Waals surface area contributed by atoms with E-state index in [0.717, 1.165) is 11.1 Å². The molecule has 0 amide bonds. The molecule has 2 aromatic rings. The molecule has 0 saturated carbocycles. The zero-order valence-electron chi connectivity index (χ0n) is 10.5. The number of benzene rings is 2. The Labute approximate surface area is 126 Å². The van der Waals surface area contributed by atoms with Crippen molar-refractivity contribution in [2.75, 3.05) is 0 Å². The lowest BCUT2D eigenvalue weighted by Gasteiger charge is -2.08. The van der Waals surface area contributed by atoms with Gasteiger partial charge in [0.1, 0.15) is 12.4 Å². The fourth-order valence-corrected chi connectivity index (χ4v) is 2.14. The number of carboxylic acid groups (broad SMARTS) is 1. The molecule has 0 radical (unpaired) electrons. The van der Waals surface area contributed by atoms with Crippen LogP contribution in [0.3, 0.4) is 0 Å². The van der Waals surface area contributed by atoms with Crippen LogP contribution in [0.4, 0.5) is 0 Å². The average Bonchev–Trinajstić information content (AvgIpc) is 2.39. The van der Waals surface area contributed by atoms with Crippen molar-refractivity contribution < 1.29 is 14.6 Å². The van der Waals surface area contributed by atoms with Gasteiger partial charge in [-0.25, -0.2) is 0 Å². The quantitative estimate of drug-likeness (QED) is 0.900. The van der Waals surface area contributed by atoms with Gasteiger partial charge in [-0.1, -0.05) is 47.5 Å². The van der Waals surface area contributed by atoms with Crippen molar-refractivity contribution in [3.8, 4) is 5.75 Å². The van der Waals surface area contributed by atoms with Crippen molar-refractivity contribution in [1.29, 1.82) is 0 Å². The Morgan fingerprint density at radius 2 is 1.70 bits per heavy atom. The summed E-state index contributed by atoms with van der Waals surface area (Å²) < 4.78 is 5.59. The second kappa shape index (κ2) is 6.64. The molecule has 0 bridgehead atoms. The van der Waals surface area contributed by atoms with Crippen LogP contribution in [0.2, 0.25) is 10.0 Å². The van der Waals surface area contributed by atoms with Crippen LogP contribution in [-0.4, -0.2) is 11.1 Å². The lowest BCUT2D eigenvalue weighted by atomic mass is 10.1. The zero-order chi connectivity index (χ0) is 14.5. The van der Waals surface area contributed by atoms with Gasteiger partial charge in [0.05, 0.1) is 11.4 Å². The molecule has 20 heavy (non-hydrogen) atoms. The SMILES string of the molecule is O=C(O)Cc1ccc(COc2ccc(Cl)cc2Cl)cc1. The summed E-state index contributed by atoms with van der Waals surface area (Å²) in [7, 11) is 0. The predicted molar refractivity (Wildman–Crippen MR) is 78.6 cm³/mol. The van der Waals surface area contributed by atoms with Gasteiger partial charge in [0, 0.05) is 5.02 Å². The summed E-state index contributed by atoms with van der Waals surface area (Å²) in [6.07, 6.45) is 0.0180. The lowest BCUT2D eigenvalue weighted by molar-refractivity contribution is -0.136. The maximum absolute atomic E-state index is 10.6. The highest BCUT2D eigenvalue weighted by molar-refractivity contribution is 6.35. The molecule has 3 nitrogen and oxygen atoms in total. The van der Waals surface area contributed by atoms with Crippen molar-refractivity contribution >= 4 is 29.2 Å². The van der Waals surface area contributed by atoms with E-state index in [1.165, 1.54) is 0 Å². The Balaban J connectivity index is 1.98. The molecule has 0 atom stereocenters. The molecule has 0 aromatic heterocycles. The Kier molecular flexibility index (Phi) is 4.88. The first-order valence-electron chi connectivity index (χ1n) is 5.92. The highest BCUT2D eigenvalue weighted by Crippen LogP contribution is 2.28. The number of aliphatic carboxylic acids is 1. The normalized spacial score (nSPS) is 10.3. The number of carbonyl (C=O) groups is 1. The van der Waals surface area contributed by atoms with Crippen molar-refractivity contribution in [1.82, 2.24) is 0 Å². The fourth-order valence-electron chi connectivity index (χ4n) is 1.68. The van der Waals surface area contributed by atoms with Crippen LogP contribution in [0.25, 0.3) is 0 Å². The summed E-state index contributed by atoms with van der Waals surface area (Å²) in [5.74, 6) is -0.285. The van der Waals surface area contributed by atoms with E-state index >= 15 is 0 Å². The van der Waals surface area contributed by atoms with Gasteiger partial charge in [0.15, 0.2) is 0 Å². The van der Waals surface area contributed by atoms with Gasteiger partial charge in [-0.15, -0.1) is 0 Å². The molecule has 104 valence electrons. The van der Waals surface area contributed by atoms with Crippen molar-refractivity contribution in [2.24, 2.45) is 0 Å². The third kappa shape index (κ3) is 4.15. The van der Waals surface area contributed by atoms with E-state index in [0.29, 0.717) is 22.4 Å². The highest BCUT2D eigenvalue weighted by atomic mass is 35.5. The topological polar surface area (TPSA) is 46.5 Å². The maximum atomic E-state index is 10.6. The standard InChI is InChI=1S/C15H12Cl2O3/c16-12-5-6-14(13(17)8-12)20-9-11-3-1-10(2-4-11)7-15(18)19/h1-6,8H,7,9H2,(H,18,19). The summed E-state index contributed by atoms with van der Waals surface area (Å²) in [6.45, 7) is 0.356. The van der Waals surface area contributed by atoms with Gasteiger partial charge >= 0.3 is 5.97 Å². The Morgan fingerprint density at radius 3 is 2.30 bits per heavy atom. The maximum Gasteiger partial charge on any atom is 0.307 e. The minimum atomic E-state index is -0.845. The lowest BCUT2D eigenvalue weighted by Crippen LogP contribution is -2.01. The summed E-state index contributed by atoms with van der Waals surface area (Å²) in [4.78, 5) is 10.6. The largest absolute Gasteiger partial charge is 0.487 e. The van der Waals surface area contributed by atoms with Gasteiger partial charge in [0.2, 0.25) is 0 Å². The second-order valence-corrected chi connectivity index (χ2v) is 5.09. The molecular weight excluding hydrogens is 299 g/mol. The third-order valence-electron chi connectivity index (χ3n) is 2.67. The second-order valence-electron chi connectivity index (χ2n) is 4.25. The molecule has 0 aliphatic carbocycles. The van der Waals surface area contributed by atoms with Crippen molar-refractivity contribution in [3.05, 3.63) is 63.6 Å². The van der Waals surface area contributed by atoms with E-state index in [4.69, 9.17) is 33.0 Å². The molecule has 1 N–H and O–H groups in total. The molecule has 0 spiro atoms. The van der Waals surface area contributed by atoms with E-state index < -0.39 is 5.97 Å². The Hall–Kier alpha value is -1.71. The molecule has 0 unspecified atom stereocenters. The first-order valence-corrected chi connectivity index (χ1v) is 6.67. The van der Waals surface area contributed by atoms with E-state index in [1.807, 2.05) is 12.1 Å². The smallest absolute Gasteiger partial charge is 0.307 e. The third-order valence-corrected chi connectivity index (χ3v) is 3.20. The van der Waals surface area contributed by atoms with Crippen molar-refractivity contribution in [3.63, 3.8) is 0 Å². The predicted octanol–water partition coefficient (Wildman–Crippen LogP) is 4.20. The average molecular weight is 311 g/mol. The number of ether oxygens (including phenoxy) is 1. The van der Waals surface area contributed by atoms with Gasteiger partial charge in [-0.2, -0.15) is 0 Å². The molecule has 2 rings (SSSR count). The fraction of sp³-hybridized carbons (Fsp3) is 0.133. The van der Waals surface area contributed by atoms with Gasteiger partial charge in [-0.05, 0) is 29.3 Å². The van der Waals surface area contributed by atoms with E-state index in [2.05, 4.69) is 0 Å². The summed E-state index contributed by atoms with van der Waals surface area (Å²) in [6, 6.07) is 12.3.